The molecule has 1 atom stereocenters. The quantitative estimate of drug-likeness (QED) is 0.362. The van der Waals surface area contributed by atoms with Crippen LogP contribution in [0.2, 0.25) is 0 Å². The van der Waals surface area contributed by atoms with Crippen molar-refractivity contribution in [1.29, 1.82) is 0 Å². The van der Waals surface area contributed by atoms with E-state index < -0.39 is 28.8 Å². The van der Waals surface area contributed by atoms with Crippen LogP contribution in [-0.2, 0) is 14.3 Å². The van der Waals surface area contributed by atoms with E-state index in [0.717, 1.165) is 0 Å². The second-order valence-corrected chi connectivity index (χ2v) is 7.65. The number of non-ortho nitro benzene ring substituents is 1. The lowest BCUT2D eigenvalue weighted by Crippen LogP contribution is -2.45. The highest BCUT2D eigenvalue weighted by Gasteiger charge is 2.31. The molecule has 1 heterocycles. The number of carbonyl (C=O) groups is 3. The van der Waals surface area contributed by atoms with Gasteiger partial charge in [0.15, 0.2) is 0 Å². The zero-order chi connectivity index (χ0) is 24.9. The van der Waals surface area contributed by atoms with Crippen molar-refractivity contribution in [3.63, 3.8) is 0 Å². The zero-order valence-electron chi connectivity index (χ0n) is 19.4. The second-order valence-electron chi connectivity index (χ2n) is 7.65. The van der Waals surface area contributed by atoms with Crippen molar-refractivity contribution in [3.05, 3.63) is 56.9 Å². The maximum atomic E-state index is 13.4. The largest absolute Gasteiger partial charge is 0.465 e. The molecule has 0 aliphatic heterocycles. The van der Waals surface area contributed by atoms with Crippen LogP contribution in [0.1, 0.15) is 52.9 Å². The van der Waals surface area contributed by atoms with Crippen LogP contribution in [0.15, 0.2) is 24.3 Å². The third-order valence-corrected chi connectivity index (χ3v) is 5.02. The number of esters is 2. The van der Waals surface area contributed by atoms with Crippen LogP contribution >= 0.6 is 0 Å². The molecule has 0 saturated heterocycles. The van der Waals surface area contributed by atoms with Crippen LogP contribution in [0.4, 0.5) is 5.69 Å². The highest BCUT2D eigenvalue weighted by atomic mass is 16.6. The van der Waals surface area contributed by atoms with Crippen LogP contribution in [0.25, 0.3) is 11.1 Å². The molecule has 10 heteroatoms. The maximum absolute atomic E-state index is 13.4. The molecule has 2 aromatic rings. The first-order valence-corrected chi connectivity index (χ1v) is 10.3. The molecule has 0 bridgehead atoms. The third-order valence-electron chi connectivity index (χ3n) is 5.02. The van der Waals surface area contributed by atoms with E-state index in [1.807, 2.05) is 0 Å². The Kier molecular flexibility index (Phi) is 8.22. The summed E-state index contributed by atoms with van der Waals surface area (Å²) in [6, 6.07) is 4.63. The Morgan fingerprint density at radius 3 is 2.33 bits per heavy atom. The minimum Gasteiger partial charge on any atom is -0.465 e. The normalized spacial score (nSPS) is 11.6. The van der Waals surface area contributed by atoms with E-state index in [2.05, 4.69) is 10.3 Å². The first-order valence-electron chi connectivity index (χ1n) is 10.3. The predicted octanol–water partition coefficient (Wildman–Crippen LogP) is 3.38. The molecule has 176 valence electrons. The lowest BCUT2D eigenvalue weighted by Gasteiger charge is -2.23. The molecular formula is C23H27N3O7. The molecule has 0 radical (unpaired) electrons. The SMILES string of the molecule is CCOC(=O)[C@H](NC(=O)c1c(C)nc(C)c(C(=O)OC)c1-c1cccc([N+](=O)[O-])c1)C(C)C. The molecule has 1 N–H and O–H groups in total. The molecule has 0 fully saturated rings. The van der Waals surface area contributed by atoms with Crippen LogP contribution in [0.5, 0.6) is 0 Å². The number of nitrogens with zero attached hydrogens (tertiary/aromatic N) is 2. The third kappa shape index (κ3) is 5.51. The first kappa shape index (κ1) is 25.4. The van der Waals surface area contributed by atoms with Gasteiger partial charge in [0.25, 0.3) is 11.6 Å². The number of nitro groups is 1. The summed E-state index contributed by atoms with van der Waals surface area (Å²) in [7, 11) is 1.19. The van der Waals surface area contributed by atoms with Gasteiger partial charge in [0.05, 0.1) is 41.2 Å². The summed E-state index contributed by atoms with van der Waals surface area (Å²) < 4.78 is 9.97. The number of methoxy groups -OCH3 is 1. The lowest BCUT2D eigenvalue weighted by molar-refractivity contribution is -0.384. The number of benzene rings is 1. The monoisotopic (exact) mass is 457 g/mol. The number of aryl methyl sites for hydroxylation is 2. The number of nitro benzene ring substituents is 1. The number of hydrogen-bond acceptors (Lipinski definition) is 8. The summed E-state index contributed by atoms with van der Waals surface area (Å²) in [4.78, 5) is 53.6. The van der Waals surface area contributed by atoms with Crippen LogP contribution < -0.4 is 5.32 Å². The Balaban J connectivity index is 2.78. The smallest absolute Gasteiger partial charge is 0.340 e. The number of pyridine rings is 1. The number of nitrogens with one attached hydrogen (secondary N) is 1. The summed E-state index contributed by atoms with van der Waals surface area (Å²) in [6.07, 6.45) is 0. The number of hydrogen-bond donors (Lipinski definition) is 1. The van der Waals surface area contributed by atoms with Gasteiger partial charge in [-0.15, -0.1) is 0 Å². The van der Waals surface area contributed by atoms with Gasteiger partial charge in [0, 0.05) is 17.7 Å². The van der Waals surface area contributed by atoms with Crippen molar-refractivity contribution in [1.82, 2.24) is 10.3 Å². The number of ether oxygens (including phenoxy) is 2. The van der Waals surface area contributed by atoms with Gasteiger partial charge in [-0.25, -0.2) is 9.59 Å². The van der Waals surface area contributed by atoms with Crippen molar-refractivity contribution in [2.75, 3.05) is 13.7 Å². The van der Waals surface area contributed by atoms with Crippen molar-refractivity contribution < 1.29 is 28.8 Å². The summed E-state index contributed by atoms with van der Waals surface area (Å²) >= 11 is 0. The van der Waals surface area contributed by atoms with E-state index in [4.69, 9.17) is 9.47 Å². The minimum atomic E-state index is -0.947. The highest BCUT2D eigenvalue weighted by molar-refractivity contribution is 6.09. The topological polar surface area (TPSA) is 138 Å². The summed E-state index contributed by atoms with van der Waals surface area (Å²) in [6.45, 7) is 8.48. The molecule has 1 amide bonds. The molecule has 33 heavy (non-hydrogen) atoms. The van der Waals surface area contributed by atoms with E-state index >= 15 is 0 Å². The molecule has 0 unspecified atom stereocenters. The van der Waals surface area contributed by atoms with Gasteiger partial charge in [-0.05, 0) is 32.3 Å². The Morgan fingerprint density at radius 2 is 1.79 bits per heavy atom. The van der Waals surface area contributed by atoms with Crippen molar-refractivity contribution in [3.8, 4) is 11.1 Å². The second kappa shape index (κ2) is 10.7. The van der Waals surface area contributed by atoms with Crippen LogP contribution in [0.3, 0.4) is 0 Å². The first-order chi connectivity index (χ1) is 15.5. The average Bonchev–Trinajstić information content (AvgIpc) is 2.76. The van der Waals surface area contributed by atoms with Crippen molar-refractivity contribution in [2.24, 2.45) is 5.92 Å². The fourth-order valence-electron chi connectivity index (χ4n) is 3.49. The summed E-state index contributed by atoms with van der Waals surface area (Å²) in [5, 5.41) is 14.0. The summed E-state index contributed by atoms with van der Waals surface area (Å²) in [5.41, 5.74) is 0.782. The maximum Gasteiger partial charge on any atom is 0.340 e. The molecule has 0 aliphatic rings. The van der Waals surface area contributed by atoms with Crippen LogP contribution in [-0.4, -0.2) is 47.5 Å². The molecule has 10 nitrogen and oxygen atoms in total. The Hall–Kier alpha value is -3.82. The Morgan fingerprint density at radius 1 is 1.15 bits per heavy atom. The number of aromatic nitrogens is 1. The van der Waals surface area contributed by atoms with Gasteiger partial charge in [-0.3, -0.25) is 19.9 Å². The molecule has 2 rings (SSSR count). The fourth-order valence-corrected chi connectivity index (χ4v) is 3.49. The number of rotatable bonds is 8. The van der Waals surface area contributed by atoms with E-state index in [-0.39, 0.29) is 46.2 Å². The van der Waals surface area contributed by atoms with E-state index in [1.54, 1.807) is 40.7 Å². The molecule has 0 aliphatic carbocycles. The minimum absolute atomic E-state index is 0.00554. The van der Waals surface area contributed by atoms with Gasteiger partial charge >= 0.3 is 11.9 Å². The van der Waals surface area contributed by atoms with Gasteiger partial charge < -0.3 is 14.8 Å². The molecule has 0 spiro atoms. The Bertz CT molecular complexity index is 1100. The van der Waals surface area contributed by atoms with Gasteiger partial charge in [-0.2, -0.15) is 0 Å². The van der Waals surface area contributed by atoms with Crippen molar-refractivity contribution in [2.45, 2.75) is 40.7 Å². The molecule has 1 aromatic heterocycles. The summed E-state index contributed by atoms with van der Waals surface area (Å²) in [5.74, 6) is -2.29. The Labute approximate surface area is 191 Å². The zero-order valence-corrected chi connectivity index (χ0v) is 19.4. The van der Waals surface area contributed by atoms with Gasteiger partial charge in [-0.1, -0.05) is 26.0 Å². The average molecular weight is 457 g/mol. The highest BCUT2D eigenvalue weighted by Crippen LogP contribution is 2.34. The standard InChI is InChI=1S/C23H27N3O7/c1-7-33-23(29)20(12(2)3)25-21(27)17-13(4)24-14(5)18(22(28)32-6)19(17)15-9-8-10-16(11-15)26(30)31/h8-12,20H,7H2,1-6H3,(H,25,27)/t20-/m1/s1. The van der Waals surface area contributed by atoms with E-state index in [9.17, 15) is 24.5 Å². The van der Waals surface area contributed by atoms with E-state index in [0.29, 0.717) is 5.69 Å². The van der Waals surface area contributed by atoms with Gasteiger partial charge in [0.1, 0.15) is 6.04 Å². The van der Waals surface area contributed by atoms with Gasteiger partial charge in [0.2, 0.25) is 0 Å². The van der Waals surface area contributed by atoms with E-state index in [1.165, 1.54) is 25.3 Å². The predicted molar refractivity (Wildman–Crippen MR) is 120 cm³/mol. The number of amides is 1. The lowest BCUT2D eigenvalue weighted by atomic mass is 9.91. The van der Waals surface area contributed by atoms with Crippen molar-refractivity contribution >= 4 is 23.5 Å². The molecule has 1 aromatic carbocycles. The molecular weight excluding hydrogens is 430 g/mol. The fraction of sp³-hybridized carbons (Fsp3) is 0.391. The molecule has 0 saturated carbocycles. The number of carbonyl (C=O) groups excluding carboxylic acids is 3. The van der Waals surface area contributed by atoms with Crippen LogP contribution in [0, 0.1) is 29.9 Å².